The number of hydrogen-bond acceptors (Lipinski definition) is 9. The normalized spacial score (nSPS) is 27.4. The molecule has 0 radical (unpaired) electrons. The maximum Gasteiger partial charge on any atom is 0.380 e. The molecular weight excluding hydrogens is 476 g/mol. The first-order valence-electron chi connectivity index (χ1n) is 11.9. The minimum Gasteiger partial charge on any atom is -0.394 e. The van der Waals surface area contributed by atoms with E-state index >= 15 is 0 Å². The Balaban J connectivity index is 1.46. The summed E-state index contributed by atoms with van der Waals surface area (Å²) in [4.78, 5) is 14.9. The second kappa shape index (κ2) is 8.94. The van der Waals surface area contributed by atoms with Crippen LogP contribution in [0, 0.1) is 0 Å². The average Bonchev–Trinajstić information content (AvgIpc) is 3.57. The molecule has 4 aromatic rings. The van der Waals surface area contributed by atoms with E-state index in [4.69, 9.17) is 19.3 Å². The van der Waals surface area contributed by atoms with Crippen molar-refractivity contribution in [3.05, 3.63) is 72.8 Å². The van der Waals surface area contributed by atoms with Gasteiger partial charge in [0.25, 0.3) is 0 Å². The maximum atomic E-state index is 10.2. The third-order valence-corrected chi connectivity index (χ3v) is 10.3. The van der Waals surface area contributed by atoms with Crippen molar-refractivity contribution in [3.8, 4) is 0 Å². The van der Waals surface area contributed by atoms with Crippen LogP contribution in [0.1, 0.15) is 11.8 Å². The summed E-state index contributed by atoms with van der Waals surface area (Å²) >= 11 is 0. The number of imidazole rings is 1. The number of benzene rings is 2. The van der Waals surface area contributed by atoms with Gasteiger partial charge in [0.1, 0.15) is 30.2 Å². The van der Waals surface area contributed by atoms with Crippen molar-refractivity contribution in [1.29, 1.82) is 0 Å². The van der Waals surface area contributed by atoms with Crippen LogP contribution in [0.15, 0.2) is 67.3 Å². The highest BCUT2D eigenvalue weighted by atomic mass is 28.4. The van der Waals surface area contributed by atoms with Crippen LogP contribution in [-0.4, -0.2) is 72.2 Å². The number of fused-ring (bicyclic) bond motifs is 2. The number of nitrogen functional groups attached to an aromatic ring is 1. The van der Waals surface area contributed by atoms with E-state index < -0.39 is 33.1 Å². The predicted octanol–water partition coefficient (Wildman–Crippen LogP) is 1.28. The van der Waals surface area contributed by atoms with Crippen LogP contribution in [0.5, 0.6) is 0 Å². The van der Waals surface area contributed by atoms with Gasteiger partial charge in [-0.1, -0.05) is 48.5 Å². The standard InChI is InChI=1S/C25H28N6O4Si/c1-30(2)17-10-6-7-11-19(17)36(13-16-8-4-3-5-9-16)34-21-18(12-32)33-25(22(21)35-36)31-15-29-20-23(26)27-14-28-24(20)31/h3-11,14-15,18,21-22,25,32H,12-13H2,1-2H3,(H2,26,27,28)/t18-,21?,22+,25-,36?/m1/s1. The molecule has 2 aromatic heterocycles. The number of aliphatic hydroxyl groups is 1. The number of aliphatic hydroxyl groups excluding tert-OH is 1. The lowest BCUT2D eigenvalue weighted by molar-refractivity contribution is -0.0595. The van der Waals surface area contributed by atoms with Crippen molar-refractivity contribution >= 4 is 36.4 Å². The van der Waals surface area contributed by atoms with Crippen LogP contribution in [0.3, 0.4) is 0 Å². The highest BCUT2D eigenvalue weighted by molar-refractivity contribution is 6.82. The molecule has 186 valence electrons. The second-order valence-corrected chi connectivity index (χ2v) is 12.2. The highest BCUT2D eigenvalue weighted by Crippen LogP contribution is 2.44. The van der Waals surface area contributed by atoms with Gasteiger partial charge in [-0.3, -0.25) is 4.57 Å². The highest BCUT2D eigenvalue weighted by Gasteiger charge is 2.62. The Labute approximate surface area is 209 Å². The summed E-state index contributed by atoms with van der Waals surface area (Å²) in [5.41, 5.74) is 9.23. The summed E-state index contributed by atoms with van der Waals surface area (Å²) < 4.78 is 22.0. The molecule has 2 aliphatic rings. The minimum absolute atomic E-state index is 0.198. The molecule has 3 N–H and O–H groups in total. The van der Waals surface area contributed by atoms with E-state index in [-0.39, 0.29) is 6.61 Å². The Kier molecular flexibility index (Phi) is 5.73. The lowest BCUT2D eigenvalue weighted by atomic mass is 10.1. The number of rotatable bonds is 6. The summed E-state index contributed by atoms with van der Waals surface area (Å²) in [6.07, 6.45) is 0.951. The van der Waals surface area contributed by atoms with Crippen molar-refractivity contribution < 1.29 is 18.7 Å². The number of para-hydroxylation sites is 1. The van der Waals surface area contributed by atoms with E-state index in [1.807, 2.05) is 44.4 Å². The fourth-order valence-electron chi connectivity index (χ4n) is 5.23. The van der Waals surface area contributed by atoms with Gasteiger partial charge in [-0.15, -0.1) is 0 Å². The quantitative estimate of drug-likeness (QED) is 0.374. The van der Waals surface area contributed by atoms with Gasteiger partial charge in [-0.05, 0) is 11.6 Å². The molecule has 2 aromatic carbocycles. The second-order valence-electron chi connectivity index (χ2n) is 9.32. The number of aromatic nitrogens is 4. The Morgan fingerprint density at radius 3 is 2.53 bits per heavy atom. The molecule has 0 saturated carbocycles. The van der Waals surface area contributed by atoms with E-state index in [0.29, 0.717) is 23.0 Å². The zero-order valence-corrected chi connectivity index (χ0v) is 21.1. The maximum absolute atomic E-state index is 10.2. The Morgan fingerprint density at radius 1 is 1.00 bits per heavy atom. The van der Waals surface area contributed by atoms with E-state index in [1.165, 1.54) is 6.33 Å². The molecule has 11 heteroatoms. The molecule has 0 aliphatic carbocycles. The van der Waals surface area contributed by atoms with Gasteiger partial charge in [0.2, 0.25) is 0 Å². The molecular formula is C25H28N6O4Si. The molecule has 5 atom stereocenters. The van der Waals surface area contributed by atoms with Gasteiger partial charge in [-0.2, -0.15) is 0 Å². The summed E-state index contributed by atoms with van der Waals surface area (Å²) in [5.74, 6) is 0.295. The average molecular weight is 505 g/mol. The van der Waals surface area contributed by atoms with Crippen LogP contribution in [0.2, 0.25) is 0 Å². The van der Waals surface area contributed by atoms with Gasteiger partial charge >= 0.3 is 8.56 Å². The van der Waals surface area contributed by atoms with Crippen LogP contribution >= 0.6 is 0 Å². The summed E-state index contributed by atoms with van der Waals surface area (Å²) in [6.45, 7) is -0.198. The molecule has 2 saturated heterocycles. The minimum atomic E-state index is -3.07. The first-order chi connectivity index (χ1) is 17.5. The van der Waals surface area contributed by atoms with Crippen molar-refractivity contribution in [3.63, 3.8) is 0 Å². The summed E-state index contributed by atoms with van der Waals surface area (Å²) in [7, 11) is 0.967. The number of ether oxygens (including phenoxy) is 1. The Morgan fingerprint density at radius 2 is 1.75 bits per heavy atom. The molecule has 0 amide bonds. The number of anilines is 2. The van der Waals surface area contributed by atoms with E-state index in [0.717, 1.165) is 16.4 Å². The van der Waals surface area contributed by atoms with Gasteiger partial charge in [0, 0.05) is 31.0 Å². The molecule has 0 bridgehead atoms. The number of nitrogens with zero attached hydrogens (tertiary/aromatic N) is 5. The van der Waals surface area contributed by atoms with Crippen LogP contribution in [-0.2, 0) is 19.6 Å². The van der Waals surface area contributed by atoms with Crippen molar-refractivity contribution in [2.45, 2.75) is 30.6 Å². The van der Waals surface area contributed by atoms with Crippen LogP contribution < -0.4 is 15.8 Å². The molecule has 0 spiro atoms. The van der Waals surface area contributed by atoms with Gasteiger partial charge in [0.05, 0.1) is 12.9 Å². The largest absolute Gasteiger partial charge is 0.394 e. The van der Waals surface area contributed by atoms with E-state index in [9.17, 15) is 5.11 Å². The molecule has 36 heavy (non-hydrogen) atoms. The van der Waals surface area contributed by atoms with E-state index in [2.05, 4.69) is 44.1 Å². The molecule has 2 aliphatic heterocycles. The lowest BCUT2D eigenvalue weighted by Gasteiger charge is -2.31. The topological polar surface area (TPSA) is 121 Å². The van der Waals surface area contributed by atoms with Crippen molar-refractivity contribution in [2.24, 2.45) is 0 Å². The van der Waals surface area contributed by atoms with Gasteiger partial charge < -0.3 is 29.3 Å². The molecule has 10 nitrogen and oxygen atoms in total. The van der Waals surface area contributed by atoms with Crippen molar-refractivity contribution in [2.75, 3.05) is 31.3 Å². The van der Waals surface area contributed by atoms with E-state index in [1.54, 1.807) is 10.9 Å². The zero-order valence-electron chi connectivity index (χ0n) is 20.1. The smallest absolute Gasteiger partial charge is 0.380 e. The van der Waals surface area contributed by atoms with Crippen LogP contribution in [0.4, 0.5) is 11.5 Å². The molecule has 2 unspecified atom stereocenters. The third kappa shape index (κ3) is 3.67. The fourth-order valence-corrected chi connectivity index (χ4v) is 9.13. The lowest BCUT2D eigenvalue weighted by Crippen LogP contribution is -2.55. The predicted molar refractivity (Wildman–Crippen MR) is 137 cm³/mol. The Bertz CT molecular complexity index is 1390. The van der Waals surface area contributed by atoms with Gasteiger partial charge in [0.15, 0.2) is 17.7 Å². The molecule has 2 fully saturated rings. The van der Waals surface area contributed by atoms with Gasteiger partial charge in [-0.25, -0.2) is 15.0 Å². The Hall–Kier alpha value is -3.35. The fraction of sp³-hybridized carbons (Fsp3) is 0.320. The SMILES string of the molecule is CN(C)c1ccccc1[Si]1(Cc2ccccc2)OC2[C@@H](CO)O[C@@H](n3cnc4c(N)ncnc43)[C@H]2O1. The monoisotopic (exact) mass is 504 g/mol. The van der Waals surface area contributed by atoms with Crippen LogP contribution in [0.25, 0.3) is 11.2 Å². The summed E-state index contributed by atoms with van der Waals surface area (Å²) in [6, 6.07) is 19.1. The number of nitrogens with two attached hydrogens (primary N) is 1. The zero-order chi connectivity index (χ0) is 24.9. The third-order valence-electron chi connectivity index (χ3n) is 6.86. The number of hydrogen-bond donors (Lipinski definition) is 2. The first-order valence-corrected chi connectivity index (χ1v) is 13.9. The van der Waals surface area contributed by atoms with Crippen molar-refractivity contribution in [1.82, 2.24) is 19.5 Å². The first kappa shape index (κ1) is 23.1. The summed E-state index contributed by atoms with van der Waals surface area (Å²) in [5, 5.41) is 11.3. The molecule has 6 rings (SSSR count). The molecule has 4 heterocycles.